The summed E-state index contributed by atoms with van der Waals surface area (Å²) in [4.78, 5) is 27.0. The number of benzene rings is 12. The molecule has 7 nitrogen and oxygen atoms in total. The summed E-state index contributed by atoms with van der Waals surface area (Å²) < 4.78 is 7.23. The van der Waals surface area contributed by atoms with E-state index in [1.807, 2.05) is 17.4 Å². The van der Waals surface area contributed by atoms with E-state index in [2.05, 4.69) is 270 Å². The first-order chi connectivity index (χ1) is 41.7. The van der Waals surface area contributed by atoms with Crippen LogP contribution < -0.4 is 0 Å². The second-order valence-corrected chi connectivity index (χ2v) is 22.9. The van der Waals surface area contributed by atoms with E-state index in [0.717, 1.165) is 66.7 Å². The quantitative estimate of drug-likeness (QED) is 0.159. The van der Waals surface area contributed by atoms with Gasteiger partial charge in [0.15, 0.2) is 11.6 Å². The molecular formula is C76H45N7S. The van der Waals surface area contributed by atoms with Crippen molar-refractivity contribution in [1.82, 2.24) is 34.1 Å². The van der Waals surface area contributed by atoms with E-state index in [-0.39, 0.29) is 5.92 Å². The van der Waals surface area contributed by atoms with E-state index in [1.54, 1.807) is 0 Å². The van der Waals surface area contributed by atoms with Crippen LogP contribution in [0.4, 0.5) is 0 Å². The zero-order chi connectivity index (χ0) is 55.0. The average Bonchev–Trinajstić information content (AvgIpc) is 3.16. The zero-order valence-corrected chi connectivity index (χ0v) is 45.8. The van der Waals surface area contributed by atoms with Crippen LogP contribution in [0, 0.1) is 0 Å². The predicted octanol–water partition coefficient (Wildman–Crippen LogP) is 19.4. The summed E-state index contributed by atoms with van der Waals surface area (Å²) in [6.07, 6.45) is 0. The molecule has 0 fully saturated rings. The molecule has 1 unspecified atom stereocenters. The van der Waals surface area contributed by atoms with Gasteiger partial charge in [0.2, 0.25) is 5.95 Å². The highest BCUT2D eigenvalue weighted by Crippen LogP contribution is 2.53. The Morgan fingerprint density at radius 2 is 0.917 bits per heavy atom. The fraction of sp³-hybridized carbons (Fsp3) is 0.0132. The predicted molar refractivity (Wildman–Crippen MR) is 347 cm³/mol. The van der Waals surface area contributed by atoms with Crippen LogP contribution in [0.15, 0.2) is 267 Å². The molecular weight excluding hydrogens is 1040 g/mol. The topological polar surface area (TPSA) is 74.3 Å². The number of rotatable bonds is 7. The number of aromatic nitrogens is 7. The zero-order valence-electron chi connectivity index (χ0n) is 45.0. The van der Waals surface area contributed by atoms with Gasteiger partial charge in [-0.25, -0.2) is 24.9 Å². The molecule has 1 aliphatic rings. The Hall–Kier alpha value is -10.9. The van der Waals surface area contributed by atoms with Gasteiger partial charge < -0.3 is 4.57 Å². The van der Waals surface area contributed by atoms with Gasteiger partial charge in [0.05, 0.1) is 39.2 Å². The number of hydrogen-bond acceptors (Lipinski definition) is 6. The fourth-order valence-corrected chi connectivity index (χ4v) is 14.9. The molecule has 0 bridgehead atoms. The van der Waals surface area contributed by atoms with Gasteiger partial charge in [0, 0.05) is 80.3 Å². The molecule has 17 aromatic rings. The van der Waals surface area contributed by atoms with Crippen molar-refractivity contribution in [2.45, 2.75) is 5.92 Å². The lowest BCUT2D eigenvalue weighted by molar-refractivity contribution is 0.857. The van der Waals surface area contributed by atoms with Crippen molar-refractivity contribution in [1.29, 1.82) is 0 Å². The SMILES string of the molecule is c1ccc(-c2nc(-c3ccc(-c4ccc5c(c4)sc4c6ccccc6c6c(c7ccccc7n6-c6nc(-c7ccccc7)c7ccccc7n6)c54)cc3)nc(C3c4ccccc4-c4ccc5c6ccccc6n(-c6ccccc6)c5c43)n2)cc1. The molecule has 12 aromatic carbocycles. The molecule has 0 aliphatic heterocycles. The molecule has 18 rings (SSSR count). The van der Waals surface area contributed by atoms with E-state index in [9.17, 15) is 0 Å². The Bertz CT molecular complexity index is 5550. The summed E-state index contributed by atoms with van der Waals surface area (Å²) in [5.41, 5.74) is 17.4. The van der Waals surface area contributed by atoms with Crippen LogP contribution in [-0.2, 0) is 0 Å². The van der Waals surface area contributed by atoms with Crippen LogP contribution in [-0.4, -0.2) is 34.1 Å². The maximum absolute atomic E-state index is 5.52. The fourth-order valence-electron chi connectivity index (χ4n) is 13.6. The number of hydrogen-bond donors (Lipinski definition) is 0. The highest BCUT2D eigenvalue weighted by molar-refractivity contribution is 7.27. The first-order valence-corrected chi connectivity index (χ1v) is 29.3. The first-order valence-electron chi connectivity index (χ1n) is 28.4. The minimum atomic E-state index is -0.266. The van der Waals surface area contributed by atoms with Crippen molar-refractivity contribution >= 4 is 96.8 Å². The molecule has 5 heterocycles. The lowest BCUT2D eigenvalue weighted by Crippen LogP contribution is -2.10. The van der Waals surface area contributed by atoms with E-state index in [1.165, 1.54) is 80.3 Å². The van der Waals surface area contributed by atoms with Gasteiger partial charge in [0.25, 0.3) is 0 Å². The maximum atomic E-state index is 5.52. The molecule has 5 aromatic heterocycles. The summed E-state index contributed by atoms with van der Waals surface area (Å²) in [5.74, 6) is 2.37. The monoisotopic (exact) mass is 1090 g/mol. The summed E-state index contributed by atoms with van der Waals surface area (Å²) in [7, 11) is 0. The first kappa shape index (κ1) is 46.8. The van der Waals surface area contributed by atoms with Crippen molar-refractivity contribution in [3.63, 3.8) is 0 Å². The highest BCUT2D eigenvalue weighted by Gasteiger charge is 2.36. The number of thiophene rings is 1. The molecule has 0 spiro atoms. The van der Waals surface area contributed by atoms with Crippen LogP contribution in [0.3, 0.4) is 0 Å². The van der Waals surface area contributed by atoms with E-state index < -0.39 is 0 Å². The van der Waals surface area contributed by atoms with Gasteiger partial charge in [-0.3, -0.25) is 4.57 Å². The van der Waals surface area contributed by atoms with E-state index in [0.29, 0.717) is 23.4 Å². The lowest BCUT2D eigenvalue weighted by atomic mass is 9.93. The van der Waals surface area contributed by atoms with Crippen LogP contribution in [0.1, 0.15) is 22.9 Å². The minimum Gasteiger partial charge on any atom is -0.309 e. The number of nitrogens with zero attached hydrogens (tertiary/aromatic N) is 7. The molecule has 0 saturated carbocycles. The Morgan fingerprint density at radius 3 is 1.69 bits per heavy atom. The summed E-state index contributed by atoms with van der Waals surface area (Å²) in [5, 5.41) is 10.7. The second-order valence-electron chi connectivity index (χ2n) is 21.8. The third-order valence-corrected chi connectivity index (χ3v) is 18.4. The van der Waals surface area contributed by atoms with E-state index >= 15 is 0 Å². The molecule has 1 atom stereocenters. The molecule has 0 radical (unpaired) electrons. The summed E-state index contributed by atoms with van der Waals surface area (Å²) in [6, 6.07) is 95.3. The van der Waals surface area contributed by atoms with E-state index in [4.69, 9.17) is 24.9 Å². The smallest absolute Gasteiger partial charge is 0.235 e. The average molecular weight is 1090 g/mol. The number of para-hydroxylation sites is 4. The van der Waals surface area contributed by atoms with Crippen LogP contribution in [0.25, 0.3) is 153 Å². The summed E-state index contributed by atoms with van der Waals surface area (Å²) >= 11 is 1.87. The normalized spacial score (nSPS) is 13.1. The van der Waals surface area contributed by atoms with Gasteiger partial charge in [-0.05, 0) is 69.8 Å². The third-order valence-electron chi connectivity index (χ3n) is 17.2. The Kier molecular flexibility index (Phi) is 10.2. The molecule has 0 amide bonds. The molecule has 0 N–H and O–H groups in total. The van der Waals surface area contributed by atoms with Crippen molar-refractivity contribution in [3.8, 4) is 67.9 Å². The molecule has 1 aliphatic carbocycles. The second kappa shape index (κ2) is 18.3. The maximum Gasteiger partial charge on any atom is 0.235 e. The van der Waals surface area contributed by atoms with Gasteiger partial charge in [0.1, 0.15) is 5.82 Å². The highest BCUT2D eigenvalue weighted by atomic mass is 32.1. The van der Waals surface area contributed by atoms with Gasteiger partial charge >= 0.3 is 0 Å². The standard InChI is InChI=1S/C76H45N7S/c1-4-20-46(21-5-1)69-58-31-14-17-33-61(58)77-76(78-69)83-63-35-19-16-32-59(63)66-67-60-41-40-49(44-64(60)84-72(67)57-30-13-12-29-55(57)71(66)83)45-36-38-48(39-37-45)74-79-73(47-22-6-2-7-23-47)80-75(81-74)68-53-28-11-10-26-51(53)54-42-43-56-52-27-15-18-34-62(52)82(70(56)65(54)68)50-24-8-3-9-25-50/h1-44,68H. The number of fused-ring (bicyclic) bond motifs is 18. The van der Waals surface area contributed by atoms with Gasteiger partial charge in [-0.2, -0.15) is 0 Å². The summed E-state index contributed by atoms with van der Waals surface area (Å²) in [6.45, 7) is 0. The minimum absolute atomic E-state index is 0.266. The van der Waals surface area contributed by atoms with Crippen LogP contribution in [0.2, 0.25) is 0 Å². The van der Waals surface area contributed by atoms with Crippen molar-refractivity contribution in [3.05, 3.63) is 284 Å². The van der Waals surface area contributed by atoms with Crippen molar-refractivity contribution in [2.75, 3.05) is 0 Å². The Morgan fingerprint density at radius 1 is 0.345 bits per heavy atom. The van der Waals surface area contributed by atoms with Crippen LogP contribution >= 0.6 is 11.3 Å². The van der Waals surface area contributed by atoms with Crippen molar-refractivity contribution < 1.29 is 0 Å². The Labute approximate surface area is 485 Å². The van der Waals surface area contributed by atoms with Crippen LogP contribution in [0.5, 0.6) is 0 Å². The molecule has 84 heavy (non-hydrogen) atoms. The molecule has 0 saturated heterocycles. The molecule has 390 valence electrons. The third kappa shape index (κ3) is 6.95. The largest absolute Gasteiger partial charge is 0.309 e. The lowest BCUT2D eigenvalue weighted by Gasteiger charge is -2.18. The van der Waals surface area contributed by atoms with Gasteiger partial charge in [-0.1, -0.05) is 231 Å². The van der Waals surface area contributed by atoms with Crippen molar-refractivity contribution in [2.24, 2.45) is 0 Å². The van der Waals surface area contributed by atoms with Gasteiger partial charge in [-0.15, -0.1) is 11.3 Å². The molecule has 8 heteroatoms. The Balaban J connectivity index is 0.787.